The summed E-state index contributed by atoms with van der Waals surface area (Å²) in [6.07, 6.45) is 1.43. The molecule has 3 aromatic rings. The first-order chi connectivity index (χ1) is 13.5. The third kappa shape index (κ3) is 4.32. The third-order valence-corrected chi connectivity index (χ3v) is 4.17. The van der Waals surface area contributed by atoms with Gasteiger partial charge < -0.3 is 9.64 Å². The lowest BCUT2D eigenvalue weighted by Gasteiger charge is -2.18. The Hall–Kier alpha value is -3.75. The number of methoxy groups -OCH3 is 1. The fourth-order valence-electron chi connectivity index (χ4n) is 2.70. The van der Waals surface area contributed by atoms with Gasteiger partial charge in [-0.05, 0) is 6.07 Å². The molecule has 1 heterocycles. The number of carbonyl (C=O) groups is 1. The molecule has 0 radical (unpaired) electrons. The van der Waals surface area contributed by atoms with Gasteiger partial charge in [0, 0.05) is 36.9 Å². The molecule has 9 heteroatoms. The predicted molar refractivity (Wildman–Crippen MR) is 102 cm³/mol. The van der Waals surface area contributed by atoms with E-state index in [9.17, 15) is 14.9 Å². The zero-order valence-electron chi connectivity index (χ0n) is 15.5. The zero-order valence-corrected chi connectivity index (χ0v) is 15.5. The van der Waals surface area contributed by atoms with Crippen LogP contribution in [0.25, 0.3) is 11.4 Å². The summed E-state index contributed by atoms with van der Waals surface area (Å²) < 4.78 is 6.72. The highest BCUT2D eigenvalue weighted by atomic mass is 16.6. The van der Waals surface area contributed by atoms with Crippen molar-refractivity contribution in [2.24, 2.45) is 0 Å². The molecule has 0 aliphatic carbocycles. The maximum atomic E-state index is 12.5. The van der Waals surface area contributed by atoms with Crippen molar-refractivity contribution in [3.63, 3.8) is 0 Å². The molecule has 0 atom stereocenters. The van der Waals surface area contributed by atoms with Crippen LogP contribution in [0.5, 0.6) is 5.75 Å². The summed E-state index contributed by atoms with van der Waals surface area (Å²) in [6.45, 7) is 0.406. The fraction of sp³-hybridized carbons (Fsp3) is 0.211. The Morgan fingerprint density at radius 1 is 1.25 bits per heavy atom. The van der Waals surface area contributed by atoms with Gasteiger partial charge in [-0.1, -0.05) is 30.3 Å². The number of nitro benzene ring substituents is 1. The van der Waals surface area contributed by atoms with E-state index in [1.807, 2.05) is 24.3 Å². The Morgan fingerprint density at radius 3 is 2.79 bits per heavy atom. The summed E-state index contributed by atoms with van der Waals surface area (Å²) in [5.74, 6) is 0.890. The number of hydrogen-bond donors (Lipinski definition) is 0. The van der Waals surface area contributed by atoms with Crippen LogP contribution in [-0.2, 0) is 17.9 Å². The number of para-hydroxylation sites is 1. The highest BCUT2D eigenvalue weighted by Crippen LogP contribution is 2.21. The molecule has 0 aliphatic heterocycles. The minimum absolute atomic E-state index is 0.00752. The first-order valence-corrected chi connectivity index (χ1v) is 8.48. The number of ether oxygens (including phenoxy) is 1. The Morgan fingerprint density at radius 2 is 2.04 bits per heavy atom. The lowest BCUT2D eigenvalue weighted by atomic mass is 10.2. The minimum atomic E-state index is -0.475. The van der Waals surface area contributed by atoms with Crippen LogP contribution in [0.3, 0.4) is 0 Å². The van der Waals surface area contributed by atoms with Crippen molar-refractivity contribution in [1.29, 1.82) is 0 Å². The first-order valence-electron chi connectivity index (χ1n) is 8.48. The SMILES string of the molecule is COc1ccccc1CN(C)C(=O)Cn1cnc(-c2cccc([N+](=O)[O-])c2)n1. The van der Waals surface area contributed by atoms with E-state index in [1.54, 1.807) is 31.2 Å². The molecule has 0 spiro atoms. The van der Waals surface area contributed by atoms with Crippen LogP contribution in [0.4, 0.5) is 5.69 Å². The normalized spacial score (nSPS) is 10.5. The number of hydrogen-bond acceptors (Lipinski definition) is 6. The van der Waals surface area contributed by atoms with E-state index in [0.717, 1.165) is 11.3 Å². The van der Waals surface area contributed by atoms with Crippen LogP contribution >= 0.6 is 0 Å². The minimum Gasteiger partial charge on any atom is -0.496 e. The van der Waals surface area contributed by atoms with Gasteiger partial charge >= 0.3 is 0 Å². The number of aromatic nitrogens is 3. The first kappa shape index (κ1) is 19.0. The van der Waals surface area contributed by atoms with Crippen molar-refractivity contribution in [2.75, 3.05) is 14.2 Å². The summed E-state index contributed by atoms with van der Waals surface area (Å²) in [6, 6.07) is 13.6. The van der Waals surface area contributed by atoms with Gasteiger partial charge in [0.15, 0.2) is 5.82 Å². The van der Waals surface area contributed by atoms with Gasteiger partial charge in [-0.2, -0.15) is 5.10 Å². The number of benzene rings is 2. The van der Waals surface area contributed by atoms with Crippen molar-refractivity contribution in [1.82, 2.24) is 19.7 Å². The van der Waals surface area contributed by atoms with E-state index in [-0.39, 0.29) is 18.1 Å². The van der Waals surface area contributed by atoms with Crippen molar-refractivity contribution < 1.29 is 14.5 Å². The lowest BCUT2D eigenvalue weighted by Crippen LogP contribution is -2.30. The average molecular weight is 381 g/mol. The standard InChI is InChI=1S/C19H19N5O4/c1-22(11-15-6-3-4-9-17(15)28-2)18(25)12-23-13-20-19(21-23)14-7-5-8-16(10-14)24(26)27/h3-10,13H,11-12H2,1-2H3. The van der Waals surface area contributed by atoms with Gasteiger partial charge in [-0.15, -0.1) is 0 Å². The molecule has 0 fully saturated rings. The molecule has 0 saturated heterocycles. The van der Waals surface area contributed by atoms with E-state index in [1.165, 1.54) is 23.1 Å². The van der Waals surface area contributed by atoms with Crippen LogP contribution in [0.1, 0.15) is 5.56 Å². The largest absolute Gasteiger partial charge is 0.496 e. The Bertz CT molecular complexity index is 1000. The third-order valence-electron chi connectivity index (χ3n) is 4.17. The number of nitro groups is 1. The molecule has 2 aromatic carbocycles. The van der Waals surface area contributed by atoms with Crippen molar-refractivity contribution >= 4 is 11.6 Å². The van der Waals surface area contributed by atoms with E-state index in [0.29, 0.717) is 17.9 Å². The summed E-state index contributed by atoms with van der Waals surface area (Å²) in [4.78, 5) is 28.7. The molecule has 144 valence electrons. The number of carbonyl (C=O) groups excluding carboxylic acids is 1. The second kappa shape index (κ2) is 8.30. The smallest absolute Gasteiger partial charge is 0.270 e. The van der Waals surface area contributed by atoms with E-state index in [2.05, 4.69) is 10.1 Å². The maximum Gasteiger partial charge on any atom is 0.270 e. The molecular weight excluding hydrogens is 362 g/mol. The Balaban J connectivity index is 1.68. The number of non-ortho nitro benzene ring substituents is 1. The number of rotatable bonds is 7. The number of amides is 1. The highest BCUT2D eigenvalue weighted by Gasteiger charge is 2.15. The van der Waals surface area contributed by atoms with Crippen LogP contribution in [0.2, 0.25) is 0 Å². The fourth-order valence-corrected chi connectivity index (χ4v) is 2.70. The number of nitrogens with zero attached hydrogens (tertiary/aromatic N) is 5. The summed E-state index contributed by atoms with van der Waals surface area (Å²) in [5.41, 5.74) is 1.38. The van der Waals surface area contributed by atoms with Crippen molar-refractivity contribution in [3.05, 3.63) is 70.5 Å². The topological polar surface area (TPSA) is 103 Å². The molecular formula is C19H19N5O4. The van der Waals surface area contributed by atoms with Crippen LogP contribution in [0, 0.1) is 10.1 Å². The molecule has 28 heavy (non-hydrogen) atoms. The van der Waals surface area contributed by atoms with Gasteiger partial charge in [0.25, 0.3) is 5.69 Å². The van der Waals surface area contributed by atoms with Gasteiger partial charge in [0.1, 0.15) is 18.6 Å². The van der Waals surface area contributed by atoms with E-state index in [4.69, 9.17) is 4.74 Å². The van der Waals surface area contributed by atoms with Crippen molar-refractivity contribution in [2.45, 2.75) is 13.1 Å². The van der Waals surface area contributed by atoms with Gasteiger partial charge in [-0.3, -0.25) is 14.9 Å². The maximum absolute atomic E-state index is 12.5. The monoisotopic (exact) mass is 381 g/mol. The van der Waals surface area contributed by atoms with E-state index < -0.39 is 4.92 Å². The predicted octanol–water partition coefficient (Wildman–Crippen LogP) is 2.52. The second-order valence-electron chi connectivity index (χ2n) is 6.13. The summed E-state index contributed by atoms with van der Waals surface area (Å²) >= 11 is 0. The molecule has 0 saturated carbocycles. The molecule has 0 bridgehead atoms. The van der Waals surface area contributed by atoms with Gasteiger partial charge in [-0.25, -0.2) is 9.67 Å². The van der Waals surface area contributed by atoms with Gasteiger partial charge in [0.2, 0.25) is 5.91 Å². The van der Waals surface area contributed by atoms with E-state index >= 15 is 0 Å². The molecule has 0 aliphatic rings. The summed E-state index contributed by atoms with van der Waals surface area (Å²) in [7, 11) is 3.29. The van der Waals surface area contributed by atoms with Crippen LogP contribution in [0.15, 0.2) is 54.9 Å². The molecule has 1 amide bonds. The summed E-state index contributed by atoms with van der Waals surface area (Å²) in [5, 5.41) is 15.2. The molecule has 1 aromatic heterocycles. The molecule has 3 rings (SSSR count). The number of likely N-dealkylation sites (N-methyl/N-ethyl adjacent to an activating group) is 1. The quantitative estimate of drug-likeness (QED) is 0.460. The lowest BCUT2D eigenvalue weighted by molar-refractivity contribution is -0.384. The Kier molecular flexibility index (Phi) is 5.64. The average Bonchev–Trinajstić information content (AvgIpc) is 3.17. The van der Waals surface area contributed by atoms with Crippen LogP contribution in [-0.4, -0.2) is 44.7 Å². The molecule has 0 unspecified atom stereocenters. The van der Waals surface area contributed by atoms with Crippen LogP contribution < -0.4 is 4.74 Å². The van der Waals surface area contributed by atoms with Gasteiger partial charge in [0.05, 0.1) is 12.0 Å². The molecule has 9 nitrogen and oxygen atoms in total. The zero-order chi connectivity index (χ0) is 20.1. The Labute approximate surface area is 161 Å². The highest BCUT2D eigenvalue weighted by molar-refractivity contribution is 5.75. The van der Waals surface area contributed by atoms with Crippen molar-refractivity contribution in [3.8, 4) is 17.1 Å². The second-order valence-corrected chi connectivity index (χ2v) is 6.13. The molecule has 0 N–H and O–H groups in total.